The van der Waals surface area contributed by atoms with Gasteiger partial charge in [-0.2, -0.15) is 4.98 Å². The van der Waals surface area contributed by atoms with Crippen LogP contribution in [0, 0.1) is 13.8 Å². The fraction of sp³-hybridized carbons (Fsp3) is 0.440. The fourth-order valence-electron chi connectivity index (χ4n) is 4.38. The number of anilines is 1. The topological polar surface area (TPSA) is 93.7 Å². The largest absolute Gasteiger partial charge is 0.480 e. The number of ether oxygens (including phenoxy) is 2. The van der Waals surface area contributed by atoms with E-state index in [1.165, 1.54) is 11.3 Å². The van der Waals surface area contributed by atoms with Crippen molar-refractivity contribution in [3.8, 4) is 5.88 Å². The lowest BCUT2D eigenvalue weighted by molar-refractivity contribution is 0.0635. The molecule has 0 bridgehead atoms. The number of aromatic nitrogens is 2. The number of nitrogens with one attached hydrogen (secondary N) is 1. The third kappa shape index (κ3) is 4.63. The molecule has 8 nitrogen and oxygen atoms in total. The molecule has 180 valence electrons. The first kappa shape index (κ1) is 24.1. The number of carbonyl (C=O) groups is 2. The van der Waals surface area contributed by atoms with Gasteiger partial charge in [0.1, 0.15) is 11.4 Å². The van der Waals surface area contributed by atoms with Gasteiger partial charge in [-0.05, 0) is 69.4 Å². The third-order valence-corrected chi connectivity index (χ3v) is 7.45. The minimum Gasteiger partial charge on any atom is -0.480 e. The van der Waals surface area contributed by atoms with E-state index in [-0.39, 0.29) is 24.5 Å². The number of aryl methyl sites for hydroxylation is 2. The van der Waals surface area contributed by atoms with Crippen LogP contribution in [0.5, 0.6) is 5.88 Å². The molecule has 1 saturated heterocycles. The number of carbonyl (C=O) groups excluding carboxylic acids is 2. The predicted molar refractivity (Wildman–Crippen MR) is 133 cm³/mol. The van der Waals surface area contributed by atoms with Gasteiger partial charge in [0.2, 0.25) is 5.88 Å². The summed E-state index contributed by atoms with van der Waals surface area (Å²) >= 11 is 1.29. The van der Waals surface area contributed by atoms with Crippen molar-refractivity contribution in [2.24, 2.45) is 0 Å². The molecular formula is C25H30N4O4S. The highest BCUT2D eigenvalue weighted by atomic mass is 32.1. The predicted octanol–water partition coefficient (Wildman–Crippen LogP) is 4.73. The number of rotatable bonds is 6. The Hall–Kier alpha value is -3.04. The normalized spacial score (nSPS) is 16.0. The van der Waals surface area contributed by atoms with Crippen LogP contribution in [-0.4, -0.2) is 53.5 Å². The van der Waals surface area contributed by atoms with E-state index >= 15 is 0 Å². The van der Waals surface area contributed by atoms with Crippen molar-refractivity contribution in [1.29, 1.82) is 0 Å². The number of likely N-dealkylation sites (tertiary alicyclic amines) is 1. The zero-order valence-electron chi connectivity index (χ0n) is 20.2. The lowest BCUT2D eigenvalue weighted by atomic mass is 10.0. The van der Waals surface area contributed by atoms with Gasteiger partial charge in [0.25, 0.3) is 11.8 Å². The van der Waals surface area contributed by atoms with E-state index in [0.717, 1.165) is 42.3 Å². The maximum absolute atomic E-state index is 13.2. The van der Waals surface area contributed by atoms with E-state index in [1.54, 1.807) is 26.4 Å². The number of fused-ring (bicyclic) bond motifs is 1. The Kier molecular flexibility index (Phi) is 7.13. The van der Waals surface area contributed by atoms with Crippen LogP contribution >= 0.6 is 11.3 Å². The average Bonchev–Trinajstić information content (AvgIpc) is 3.16. The summed E-state index contributed by atoms with van der Waals surface area (Å²) in [6.07, 6.45) is 3.24. The highest BCUT2D eigenvalue weighted by Crippen LogP contribution is 2.35. The number of hydrogen-bond donors (Lipinski definition) is 1. The third-order valence-electron chi connectivity index (χ3n) is 6.26. The molecule has 3 aromatic rings. The van der Waals surface area contributed by atoms with Crippen LogP contribution < -0.4 is 10.1 Å². The molecule has 34 heavy (non-hydrogen) atoms. The van der Waals surface area contributed by atoms with Gasteiger partial charge in [-0.25, -0.2) is 4.98 Å². The van der Waals surface area contributed by atoms with Gasteiger partial charge < -0.3 is 19.7 Å². The Morgan fingerprint density at radius 3 is 2.68 bits per heavy atom. The second kappa shape index (κ2) is 10.1. The number of nitrogens with zero attached hydrogens (tertiary/aromatic N) is 3. The van der Waals surface area contributed by atoms with Crippen LogP contribution in [0.3, 0.4) is 0 Å². The zero-order valence-corrected chi connectivity index (χ0v) is 21.0. The molecule has 4 rings (SSSR count). The first-order valence-electron chi connectivity index (χ1n) is 11.4. The van der Waals surface area contributed by atoms with Gasteiger partial charge in [0.15, 0.2) is 5.82 Å². The molecule has 3 heterocycles. The van der Waals surface area contributed by atoms with Crippen molar-refractivity contribution in [3.05, 3.63) is 45.6 Å². The summed E-state index contributed by atoms with van der Waals surface area (Å²) in [5.74, 6) is 0.740. The number of piperidine rings is 1. The molecule has 0 aliphatic carbocycles. The van der Waals surface area contributed by atoms with Crippen LogP contribution in [0.4, 0.5) is 5.69 Å². The van der Waals surface area contributed by atoms with E-state index in [2.05, 4.69) is 22.2 Å². The summed E-state index contributed by atoms with van der Waals surface area (Å²) in [5, 5.41) is 3.72. The van der Waals surface area contributed by atoms with Crippen molar-refractivity contribution >= 4 is 39.1 Å². The minimum absolute atomic E-state index is 0.0473. The number of methoxy groups -OCH3 is 2. The quantitative estimate of drug-likeness (QED) is 0.546. The van der Waals surface area contributed by atoms with Crippen LogP contribution in [0.25, 0.3) is 10.2 Å². The van der Waals surface area contributed by atoms with Crippen LogP contribution in [0.2, 0.25) is 0 Å². The van der Waals surface area contributed by atoms with Crippen LogP contribution in [-0.2, 0) is 11.3 Å². The van der Waals surface area contributed by atoms with Gasteiger partial charge in [0.05, 0.1) is 17.4 Å². The van der Waals surface area contributed by atoms with E-state index in [0.29, 0.717) is 32.7 Å². The van der Waals surface area contributed by atoms with Crippen LogP contribution in [0.1, 0.15) is 63.2 Å². The van der Waals surface area contributed by atoms with Gasteiger partial charge in [-0.1, -0.05) is 0 Å². The van der Waals surface area contributed by atoms with Crippen molar-refractivity contribution in [1.82, 2.24) is 14.9 Å². The van der Waals surface area contributed by atoms with E-state index in [1.807, 2.05) is 24.8 Å². The summed E-state index contributed by atoms with van der Waals surface area (Å²) in [6.45, 7) is 6.91. The Morgan fingerprint density at radius 1 is 1.21 bits per heavy atom. The summed E-state index contributed by atoms with van der Waals surface area (Å²) < 4.78 is 10.6. The summed E-state index contributed by atoms with van der Waals surface area (Å²) in [4.78, 5) is 38.3. The van der Waals surface area contributed by atoms with Gasteiger partial charge in [-0.15, -0.1) is 11.3 Å². The summed E-state index contributed by atoms with van der Waals surface area (Å²) in [5.41, 5.74) is 2.92. The molecule has 0 radical (unpaired) electrons. The molecule has 2 aromatic heterocycles. The second-order valence-electron chi connectivity index (χ2n) is 8.65. The average molecular weight is 483 g/mol. The molecule has 1 N–H and O–H groups in total. The summed E-state index contributed by atoms with van der Waals surface area (Å²) in [6, 6.07) is 5.69. The highest BCUT2D eigenvalue weighted by Gasteiger charge is 2.25. The molecule has 9 heteroatoms. The number of thiophene rings is 1. The Balaban J connectivity index is 1.58. The maximum atomic E-state index is 13.2. The molecule has 2 amide bonds. The van der Waals surface area contributed by atoms with Crippen molar-refractivity contribution < 1.29 is 19.1 Å². The number of benzene rings is 1. The number of amides is 2. The lowest BCUT2D eigenvalue weighted by Crippen LogP contribution is -2.42. The van der Waals surface area contributed by atoms with E-state index in [9.17, 15) is 9.59 Å². The minimum atomic E-state index is -0.234. The van der Waals surface area contributed by atoms with Gasteiger partial charge >= 0.3 is 0 Å². The summed E-state index contributed by atoms with van der Waals surface area (Å²) in [7, 11) is 3.12. The van der Waals surface area contributed by atoms with Crippen molar-refractivity contribution in [3.63, 3.8) is 0 Å². The van der Waals surface area contributed by atoms with Gasteiger partial charge in [0, 0.05) is 30.9 Å². The second-order valence-corrected chi connectivity index (χ2v) is 9.64. The number of hydrogen-bond acceptors (Lipinski definition) is 7. The zero-order chi connectivity index (χ0) is 24.4. The standard InChI is InChI=1S/C25H30N4O4S/c1-14-12-17(25(31)29-11-7-6-8-15(29)2)9-10-18(14)26-22(30)21-16(3)20-23(33-5)27-19(13-32-4)28-24(20)34-21/h9-10,12,15H,6-8,11,13H2,1-5H3,(H,26,30). The van der Waals surface area contributed by atoms with Crippen molar-refractivity contribution in [2.75, 3.05) is 26.1 Å². The molecule has 1 aliphatic heterocycles. The fourth-order valence-corrected chi connectivity index (χ4v) is 5.47. The monoisotopic (exact) mass is 482 g/mol. The molecule has 1 aliphatic rings. The molecule has 1 unspecified atom stereocenters. The van der Waals surface area contributed by atoms with Crippen LogP contribution in [0.15, 0.2) is 18.2 Å². The first-order valence-corrected chi connectivity index (χ1v) is 12.2. The Bertz CT molecular complexity index is 1240. The Morgan fingerprint density at radius 2 is 2.00 bits per heavy atom. The SMILES string of the molecule is COCc1nc(OC)c2c(C)c(C(=O)Nc3ccc(C(=O)N4CCCCC4C)cc3C)sc2n1. The first-order chi connectivity index (χ1) is 16.3. The molecule has 1 fully saturated rings. The highest BCUT2D eigenvalue weighted by molar-refractivity contribution is 7.20. The molecular weight excluding hydrogens is 452 g/mol. The Labute approximate surface area is 203 Å². The van der Waals surface area contributed by atoms with E-state index in [4.69, 9.17) is 9.47 Å². The molecule has 0 spiro atoms. The van der Waals surface area contributed by atoms with Gasteiger partial charge in [-0.3, -0.25) is 9.59 Å². The smallest absolute Gasteiger partial charge is 0.266 e. The molecule has 0 saturated carbocycles. The molecule has 1 aromatic carbocycles. The van der Waals surface area contributed by atoms with E-state index < -0.39 is 0 Å². The van der Waals surface area contributed by atoms with Crippen molar-refractivity contribution in [2.45, 2.75) is 52.7 Å². The maximum Gasteiger partial charge on any atom is 0.266 e. The lowest BCUT2D eigenvalue weighted by Gasteiger charge is -2.33. The molecule has 1 atom stereocenters.